The van der Waals surface area contributed by atoms with Crippen LogP contribution < -0.4 is 10.7 Å². The van der Waals surface area contributed by atoms with E-state index in [0.29, 0.717) is 26.9 Å². The number of alkyl halides is 3. The first-order valence-corrected chi connectivity index (χ1v) is 13.0. The van der Waals surface area contributed by atoms with Gasteiger partial charge in [-0.25, -0.2) is 0 Å². The minimum atomic E-state index is -4.53. The molecule has 0 aliphatic rings. The highest BCUT2D eigenvalue weighted by Crippen LogP contribution is 2.37. The number of nitriles is 1. The maximum absolute atomic E-state index is 13.5. The quantitative estimate of drug-likeness (QED) is 0.121. The number of rotatable bonds is 2. The third kappa shape index (κ3) is 3.91. The predicted molar refractivity (Wildman–Crippen MR) is 158 cm³/mol. The highest BCUT2D eigenvalue weighted by Gasteiger charge is 2.31. The Balaban J connectivity index is 1.47. The zero-order chi connectivity index (χ0) is 29.0. The van der Waals surface area contributed by atoms with E-state index in [-0.39, 0.29) is 10.7 Å². The highest BCUT2D eigenvalue weighted by atomic mass is 19.4. The van der Waals surface area contributed by atoms with E-state index in [0.717, 1.165) is 50.5 Å². The van der Waals surface area contributed by atoms with Gasteiger partial charge in [0, 0.05) is 21.5 Å². The Morgan fingerprint density at radius 1 is 0.571 bits per heavy atom. The van der Waals surface area contributed by atoms with Crippen LogP contribution in [0.25, 0.3) is 70.3 Å². The first-order chi connectivity index (χ1) is 20.4. The first kappa shape index (κ1) is 25.2. The molecule has 0 unspecified atom stereocenters. The molecule has 0 aromatic heterocycles. The standard InChI is InChI=1S/C35H17F3N4/c1-40-42-34-29-15-23(22-9-7-21(8-10-22)20-5-3-2-4-6-20)11-13-25(29)28-17-31-27(18-32(28)34)26-14-12-24(35(36,37)38)16-30(26)33(31)41-19-39/h2-18H/b41-33?,42-34+. The van der Waals surface area contributed by atoms with Crippen molar-refractivity contribution in [1.29, 1.82) is 5.26 Å². The van der Waals surface area contributed by atoms with Crippen molar-refractivity contribution in [3.05, 3.63) is 131 Å². The second-order valence-electron chi connectivity index (χ2n) is 10.0. The molecule has 0 radical (unpaired) electrons. The maximum atomic E-state index is 13.5. The molecule has 0 aliphatic heterocycles. The molecule has 0 N–H and O–H groups in total. The van der Waals surface area contributed by atoms with Crippen molar-refractivity contribution < 1.29 is 13.2 Å². The summed E-state index contributed by atoms with van der Waals surface area (Å²) in [6, 6.07) is 31.5. The van der Waals surface area contributed by atoms with Gasteiger partial charge in [-0.3, -0.25) is 0 Å². The SMILES string of the molecule is [C-]#[N+]/N=c1\c2cc(-c3ccc(-c4ccccc4)cc3)ccc2c2cc3c(=NC#N)c4cc(C(F)(F)F)ccc4c3cc12. The molecule has 0 atom stereocenters. The van der Waals surface area contributed by atoms with Gasteiger partial charge in [-0.1, -0.05) is 72.8 Å². The van der Waals surface area contributed by atoms with E-state index in [4.69, 9.17) is 6.57 Å². The van der Waals surface area contributed by atoms with Crippen molar-refractivity contribution in [2.45, 2.75) is 6.18 Å². The second kappa shape index (κ2) is 9.40. The van der Waals surface area contributed by atoms with Gasteiger partial charge in [0.05, 0.1) is 16.0 Å². The van der Waals surface area contributed by atoms with Crippen LogP contribution in [0.15, 0.2) is 113 Å². The van der Waals surface area contributed by atoms with Gasteiger partial charge in [-0.2, -0.15) is 30.0 Å². The molecule has 0 bridgehead atoms. The van der Waals surface area contributed by atoms with Gasteiger partial charge in [0.15, 0.2) is 5.36 Å². The Morgan fingerprint density at radius 3 is 1.71 bits per heavy atom. The van der Waals surface area contributed by atoms with E-state index in [1.54, 1.807) is 6.19 Å². The van der Waals surface area contributed by atoms with Crippen molar-refractivity contribution in [3.63, 3.8) is 0 Å². The lowest BCUT2D eigenvalue weighted by Gasteiger charge is -2.06. The van der Waals surface area contributed by atoms with Crippen molar-refractivity contribution in [2.24, 2.45) is 10.1 Å². The molecule has 7 aromatic carbocycles. The third-order valence-corrected chi connectivity index (χ3v) is 7.76. The molecular formula is C35H17F3N4. The molecule has 198 valence electrons. The fourth-order valence-electron chi connectivity index (χ4n) is 5.85. The zero-order valence-corrected chi connectivity index (χ0v) is 21.7. The van der Waals surface area contributed by atoms with Crippen molar-refractivity contribution in [3.8, 4) is 28.4 Å². The van der Waals surface area contributed by atoms with Crippen LogP contribution in [0.2, 0.25) is 0 Å². The molecule has 7 aromatic rings. The van der Waals surface area contributed by atoms with Crippen LogP contribution in [-0.4, -0.2) is 0 Å². The van der Waals surface area contributed by atoms with Gasteiger partial charge in [-0.15, -0.1) is 4.95 Å². The van der Waals surface area contributed by atoms with Crippen LogP contribution in [-0.2, 0) is 6.18 Å². The fraction of sp³-hybridized carbons (Fsp3) is 0.0286. The van der Waals surface area contributed by atoms with Crippen LogP contribution in [0.5, 0.6) is 0 Å². The average molecular weight is 551 g/mol. The molecule has 0 aliphatic carbocycles. The average Bonchev–Trinajstić information content (AvgIpc) is 3.47. The van der Waals surface area contributed by atoms with Crippen LogP contribution >= 0.6 is 0 Å². The first-order valence-electron chi connectivity index (χ1n) is 13.0. The third-order valence-electron chi connectivity index (χ3n) is 7.76. The molecule has 0 heterocycles. The summed E-state index contributed by atoms with van der Waals surface area (Å²) in [5.41, 5.74) is 3.40. The van der Waals surface area contributed by atoms with Crippen molar-refractivity contribution in [1.82, 2.24) is 0 Å². The molecule has 7 rings (SSSR count). The summed E-state index contributed by atoms with van der Waals surface area (Å²) in [5, 5.41) is 19.4. The summed E-state index contributed by atoms with van der Waals surface area (Å²) < 4.78 is 40.5. The molecule has 0 fully saturated rings. The summed E-state index contributed by atoms with van der Waals surface area (Å²) in [7, 11) is 0. The molecule has 4 nitrogen and oxygen atoms in total. The topological polar surface area (TPSA) is 52.9 Å². The van der Waals surface area contributed by atoms with Crippen LogP contribution in [0, 0.1) is 18.0 Å². The zero-order valence-electron chi connectivity index (χ0n) is 21.7. The number of fused-ring (bicyclic) bond motifs is 6. The second-order valence-corrected chi connectivity index (χ2v) is 10.0. The Hall–Kier alpha value is -5.79. The lowest BCUT2D eigenvalue weighted by atomic mass is 9.99. The van der Waals surface area contributed by atoms with Gasteiger partial charge in [0.1, 0.15) is 0 Å². The van der Waals surface area contributed by atoms with Crippen molar-refractivity contribution >= 4 is 43.1 Å². The normalized spacial score (nSPS) is 12.9. The van der Waals surface area contributed by atoms with E-state index >= 15 is 0 Å². The number of benzene rings is 5. The van der Waals surface area contributed by atoms with Gasteiger partial charge >= 0.3 is 6.18 Å². The maximum Gasteiger partial charge on any atom is 0.416 e. The van der Waals surface area contributed by atoms with E-state index in [1.807, 2.05) is 48.5 Å². The molecule has 7 heteroatoms. The number of nitrogens with zero attached hydrogens (tertiary/aromatic N) is 4. The van der Waals surface area contributed by atoms with E-state index in [9.17, 15) is 18.4 Å². The van der Waals surface area contributed by atoms with E-state index in [1.165, 1.54) is 6.07 Å². The summed E-state index contributed by atoms with van der Waals surface area (Å²) >= 11 is 0. The summed E-state index contributed by atoms with van der Waals surface area (Å²) in [4.78, 5) is 7.26. The molecule has 42 heavy (non-hydrogen) atoms. The fourth-order valence-corrected chi connectivity index (χ4v) is 5.85. The lowest BCUT2D eigenvalue weighted by molar-refractivity contribution is -0.137. The van der Waals surface area contributed by atoms with Crippen LogP contribution in [0.4, 0.5) is 13.2 Å². The molecule has 0 saturated carbocycles. The van der Waals surface area contributed by atoms with Crippen molar-refractivity contribution in [2.75, 3.05) is 0 Å². The molecule has 0 amide bonds. The lowest BCUT2D eigenvalue weighted by Crippen LogP contribution is -2.06. The largest absolute Gasteiger partial charge is 0.416 e. The minimum Gasteiger partial charge on any atom is -0.181 e. The number of halogens is 3. The monoisotopic (exact) mass is 550 g/mol. The molecule has 0 spiro atoms. The Bertz CT molecular complexity index is 2400. The molecule has 0 saturated heterocycles. The van der Waals surface area contributed by atoms with Crippen LogP contribution in [0.1, 0.15) is 5.56 Å². The summed E-state index contributed by atoms with van der Waals surface area (Å²) in [6.07, 6.45) is -2.78. The molecular weight excluding hydrogens is 533 g/mol. The summed E-state index contributed by atoms with van der Waals surface area (Å²) in [6.45, 7) is 7.49. The summed E-state index contributed by atoms with van der Waals surface area (Å²) in [5.74, 6) is 0. The van der Waals surface area contributed by atoms with Gasteiger partial charge in [0.2, 0.25) is 6.19 Å². The van der Waals surface area contributed by atoms with Gasteiger partial charge < -0.3 is 0 Å². The van der Waals surface area contributed by atoms with E-state index in [2.05, 4.69) is 51.4 Å². The minimum absolute atomic E-state index is 0.198. The van der Waals surface area contributed by atoms with Crippen LogP contribution in [0.3, 0.4) is 0 Å². The highest BCUT2D eigenvalue weighted by molar-refractivity contribution is 6.21. The number of hydrogen-bond acceptors (Lipinski definition) is 3. The predicted octanol–water partition coefficient (Wildman–Crippen LogP) is 8.64. The van der Waals surface area contributed by atoms with Gasteiger partial charge in [-0.05, 0) is 74.1 Å². The Morgan fingerprint density at radius 2 is 1.10 bits per heavy atom. The Labute approximate surface area is 237 Å². The Kier molecular flexibility index (Phi) is 5.64. The smallest absolute Gasteiger partial charge is 0.181 e. The van der Waals surface area contributed by atoms with Gasteiger partial charge in [0.25, 0.3) is 0 Å². The number of hydrogen-bond donors (Lipinski definition) is 0. The van der Waals surface area contributed by atoms with E-state index < -0.39 is 11.7 Å².